The van der Waals surface area contributed by atoms with E-state index in [1.807, 2.05) is 0 Å². The fraction of sp³-hybridized carbons (Fsp3) is 0.400. The van der Waals surface area contributed by atoms with Crippen LogP contribution in [0.4, 0.5) is 16.3 Å². The third kappa shape index (κ3) is 7.38. The number of hydrogen-bond donors (Lipinski definition) is 2. The lowest BCUT2D eigenvalue weighted by Gasteiger charge is -2.20. The average Bonchev–Trinajstić information content (AvgIpc) is 2.61. The van der Waals surface area contributed by atoms with Crippen molar-refractivity contribution in [2.75, 3.05) is 31.0 Å². The maximum atomic E-state index is 12.3. The second kappa shape index (κ2) is 9.83. The molecular formula is C20H26N4O5. The first-order valence-corrected chi connectivity index (χ1v) is 9.04. The van der Waals surface area contributed by atoms with Gasteiger partial charge in [0.2, 0.25) is 5.91 Å². The van der Waals surface area contributed by atoms with Crippen LogP contribution in [0, 0.1) is 0 Å². The lowest BCUT2D eigenvalue weighted by atomic mass is 10.1. The number of rotatable bonds is 7. The number of nitrogens with zero attached hydrogens (tertiary/aromatic N) is 2. The van der Waals surface area contributed by atoms with E-state index in [0.29, 0.717) is 41.7 Å². The highest BCUT2D eigenvalue weighted by atomic mass is 16.6. The van der Waals surface area contributed by atoms with E-state index in [-0.39, 0.29) is 5.91 Å². The number of anilines is 2. The van der Waals surface area contributed by atoms with Gasteiger partial charge in [-0.15, -0.1) is 0 Å². The molecular weight excluding hydrogens is 376 g/mol. The Labute approximate surface area is 169 Å². The summed E-state index contributed by atoms with van der Waals surface area (Å²) in [6.45, 7) is 7.57. The number of pyridine rings is 2. The van der Waals surface area contributed by atoms with Crippen LogP contribution >= 0.6 is 0 Å². The van der Waals surface area contributed by atoms with Gasteiger partial charge in [0, 0.05) is 31.9 Å². The lowest BCUT2D eigenvalue weighted by molar-refractivity contribution is -0.114. The Morgan fingerprint density at radius 1 is 1.07 bits per heavy atom. The Morgan fingerprint density at radius 2 is 1.83 bits per heavy atom. The van der Waals surface area contributed by atoms with E-state index in [1.54, 1.807) is 52.3 Å². The minimum absolute atomic E-state index is 0.274. The van der Waals surface area contributed by atoms with Crippen LogP contribution in [-0.2, 0) is 14.3 Å². The van der Waals surface area contributed by atoms with Crippen molar-refractivity contribution in [1.82, 2.24) is 9.97 Å². The van der Waals surface area contributed by atoms with Crippen molar-refractivity contribution >= 4 is 23.5 Å². The van der Waals surface area contributed by atoms with Crippen LogP contribution < -0.4 is 15.4 Å². The van der Waals surface area contributed by atoms with Gasteiger partial charge >= 0.3 is 6.09 Å². The summed E-state index contributed by atoms with van der Waals surface area (Å²) in [6, 6.07) is 5.06. The number of aromatic nitrogens is 2. The van der Waals surface area contributed by atoms with Crippen molar-refractivity contribution in [3.05, 3.63) is 30.6 Å². The molecule has 0 fully saturated rings. The Balaban J connectivity index is 2.29. The van der Waals surface area contributed by atoms with Gasteiger partial charge in [0.25, 0.3) is 0 Å². The van der Waals surface area contributed by atoms with Gasteiger partial charge in [-0.05, 0) is 32.9 Å². The molecule has 0 aliphatic rings. The number of nitrogens with one attached hydrogen (secondary N) is 2. The summed E-state index contributed by atoms with van der Waals surface area (Å²) >= 11 is 0. The minimum Gasteiger partial charge on any atom is -0.490 e. The van der Waals surface area contributed by atoms with E-state index in [1.165, 1.54) is 13.1 Å². The fourth-order valence-corrected chi connectivity index (χ4v) is 2.29. The molecule has 9 nitrogen and oxygen atoms in total. The van der Waals surface area contributed by atoms with E-state index in [0.717, 1.165) is 0 Å². The maximum absolute atomic E-state index is 12.3. The summed E-state index contributed by atoms with van der Waals surface area (Å²) in [5, 5.41) is 5.28. The first kappa shape index (κ1) is 22.1. The fourth-order valence-electron chi connectivity index (χ4n) is 2.29. The van der Waals surface area contributed by atoms with Crippen LogP contribution in [0.1, 0.15) is 27.7 Å². The van der Waals surface area contributed by atoms with Gasteiger partial charge in [-0.25, -0.2) is 9.78 Å². The van der Waals surface area contributed by atoms with Crippen molar-refractivity contribution in [3.8, 4) is 17.0 Å². The van der Waals surface area contributed by atoms with Gasteiger partial charge in [-0.3, -0.25) is 15.1 Å². The second-order valence-electron chi connectivity index (χ2n) is 7.14. The van der Waals surface area contributed by atoms with Gasteiger partial charge in [-0.1, -0.05) is 0 Å². The van der Waals surface area contributed by atoms with E-state index in [2.05, 4.69) is 20.6 Å². The van der Waals surface area contributed by atoms with Crippen molar-refractivity contribution < 1.29 is 23.8 Å². The Kier molecular flexibility index (Phi) is 7.49. The summed E-state index contributed by atoms with van der Waals surface area (Å²) < 4.78 is 15.8. The predicted octanol–water partition coefficient (Wildman–Crippen LogP) is 3.47. The molecule has 0 radical (unpaired) electrons. The summed E-state index contributed by atoms with van der Waals surface area (Å²) in [5.41, 5.74) is 0.876. The number of ether oxygens (including phenoxy) is 3. The Hall–Kier alpha value is -3.20. The second-order valence-corrected chi connectivity index (χ2v) is 7.14. The SMILES string of the molecule is COCCOc1ccc(-c2cnc(NC(C)=O)cc2NC(=O)OC(C)(C)C)nc1. The first-order chi connectivity index (χ1) is 13.7. The highest BCUT2D eigenvalue weighted by Crippen LogP contribution is 2.29. The van der Waals surface area contributed by atoms with Crippen LogP contribution in [0.3, 0.4) is 0 Å². The van der Waals surface area contributed by atoms with Crippen molar-refractivity contribution in [3.63, 3.8) is 0 Å². The summed E-state index contributed by atoms with van der Waals surface area (Å²) in [6.07, 6.45) is 2.47. The Morgan fingerprint density at radius 3 is 2.41 bits per heavy atom. The van der Waals surface area contributed by atoms with E-state index >= 15 is 0 Å². The van der Waals surface area contributed by atoms with Crippen molar-refractivity contribution in [1.29, 1.82) is 0 Å². The molecule has 2 aromatic heterocycles. The van der Waals surface area contributed by atoms with Gasteiger partial charge in [-0.2, -0.15) is 0 Å². The number of carbonyl (C=O) groups is 2. The Bertz CT molecular complexity index is 847. The van der Waals surface area contributed by atoms with E-state index in [9.17, 15) is 9.59 Å². The smallest absolute Gasteiger partial charge is 0.412 e. The molecule has 2 heterocycles. The summed E-state index contributed by atoms with van der Waals surface area (Å²) in [7, 11) is 1.60. The van der Waals surface area contributed by atoms with Crippen LogP contribution in [0.5, 0.6) is 5.75 Å². The van der Waals surface area contributed by atoms with E-state index in [4.69, 9.17) is 14.2 Å². The number of amides is 2. The summed E-state index contributed by atoms with van der Waals surface area (Å²) in [5.74, 6) is 0.617. The third-order valence-corrected chi connectivity index (χ3v) is 3.41. The van der Waals surface area contributed by atoms with Crippen LogP contribution in [-0.4, -0.2) is 47.9 Å². The molecule has 0 bridgehead atoms. The molecule has 29 heavy (non-hydrogen) atoms. The standard InChI is InChI=1S/C20H26N4O5/c1-13(25)23-18-10-17(24-19(26)29-20(2,3)4)15(12-22-18)16-7-6-14(11-21-16)28-9-8-27-5/h6-7,10-12H,8-9H2,1-5H3,(H2,22,23,24,25,26). The molecule has 0 unspecified atom stereocenters. The van der Waals surface area contributed by atoms with Gasteiger partial charge in [0.05, 0.1) is 24.2 Å². The normalized spacial score (nSPS) is 10.9. The topological polar surface area (TPSA) is 112 Å². The minimum atomic E-state index is -0.656. The largest absolute Gasteiger partial charge is 0.490 e. The third-order valence-electron chi connectivity index (χ3n) is 3.41. The lowest BCUT2D eigenvalue weighted by Crippen LogP contribution is -2.27. The van der Waals surface area contributed by atoms with E-state index < -0.39 is 11.7 Å². The number of methoxy groups -OCH3 is 1. The zero-order valence-corrected chi connectivity index (χ0v) is 17.2. The highest BCUT2D eigenvalue weighted by Gasteiger charge is 2.19. The number of carbonyl (C=O) groups excluding carboxylic acids is 2. The average molecular weight is 402 g/mol. The first-order valence-electron chi connectivity index (χ1n) is 9.04. The quantitative estimate of drug-likeness (QED) is 0.682. The predicted molar refractivity (Wildman–Crippen MR) is 109 cm³/mol. The molecule has 0 spiro atoms. The van der Waals surface area contributed by atoms with Gasteiger partial charge in [0.15, 0.2) is 0 Å². The van der Waals surface area contributed by atoms with Crippen molar-refractivity contribution in [2.45, 2.75) is 33.3 Å². The van der Waals surface area contributed by atoms with Crippen molar-refractivity contribution in [2.24, 2.45) is 0 Å². The molecule has 2 amide bonds. The van der Waals surface area contributed by atoms with Crippen LogP contribution in [0.25, 0.3) is 11.3 Å². The summed E-state index contributed by atoms with van der Waals surface area (Å²) in [4.78, 5) is 32.2. The zero-order chi connectivity index (χ0) is 21.4. The molecule has 156 valence electrons. The molecule has 2 rings (SSSR count). The monoisotopic (exact) mass is 402 g/mol. The molecule has 2 aromatic rings. The zero-order valence-electron chi connectivity index (χ0n) is 17.2. The number of hydrogen-bond acceptors (Lipinski definition) is 7. The molecule has 0 aliphatic carbocycles. The van der Waals surface area contributed by atoms with Gasteiger partial charge in [0.1, 0.15) is 23.8 Å². The molecule has 0 saturated heterocycles. The van der Waals surface area contributed by atoms with Gasteiger partial charge < -0.3 is 19.5 Å². The maximum Gasteiger partial charge on any atom is 0.412 e. The molecule has 0 aliphatic heterocycles. The molecule has 9 heteroatoms. The van der Waals surface area contributed by atoms with Crippen LogP contribution in [0.2, 0.25) is 0 Å². The van der Waals surface area contributed by atoms with Crippen LogP contribution in [0.15, 0.2) is 30.6 Å². The molecule has 0 saturated carbocycles. The highest BCUT2D eigenvalue weighted by molar-refractivity contribution is 5.94. The molecule has 0 aromatic carbocycles. The molecule has 2 N–H and O–H groups in total. The molecule has 0 atom stereocenters.